The van der Waals surface area contributed by atoms with E-state index < -0.39 is 45.4 Å². The van der Waals surface area contributed by atoms with E-state index in [9.17, 15) is 22.8 Å². The molecule has 12 heteroatoms. The molecule has 0 unspecified atom stereocenters. The van der Waals surface area contributed by atoms with Crippen LogP contribution in [0.3, 0.4) is 0 Å². The summed E-state index contributed by atoms with van der Waals surface area (Å²) in [6.45, 7) is 6.57. The molecule has 1 saturated heterocycles. The Bertz CT molecular complexity index is 1120. The predicted molar refractivity (Wildman–Crippen MR) is 129 cm³/mol. The summed E-state index contributed by atoms with van der Waals surface area (Å²) < 4.78 is 36.1. The Morgan fingerprint density at radius 3 is 2.37 bits per heavy atom. The number of rotatable bonds is 10. The van der Waals surface area contributed by atoms with Gasteiger partial charge in [-0.1, -0.05) is 32.9 Å². The maximum absolute atomic E-state index is 13.2. The molecule has 0 saturated carbocycles. The number of carbonyl (C=O) groups excluding carboxylic acids is 3. The number of amides is 3. The minimum atomic E-state index is -3.67. The fourth-order valence-electron chi connectivity index (χ4n) is 3.77. The Morgan fingerprint density at radius 1 is 1.06 bits per heavy atom. The van der Waals surface area contributed by atoms with E-state index in [0.717, 1.165) is 0 Å². The first-order valence-electron chi connectivity index (χ1n) is 11.6. The van der Waals surface area contributed by atoms with Gasteiger partial charge in [-0.05, 0) is 24.5 Å². The highest BCUT2D eigenvalue weighted by molar-refractivity contribution is 7.91. The number of morpholine rings is 1. The number of sulfone groups is 1. The molecule has 2 aromatic rings. The molecule has 1 fully saturated rings. The normalized spacial score (nSPS) is 16.2. The average molecular weight is 509 g/mol. The number of fused-ring (bicyclic) bond motifs is 1. The molecular formula is C23H32N4O7S. The van der Waals surface area contributed by atoms with Gasteiger partial charge in [0.2, 0.25) is 11.7 Å². The lowest BCUT2D eigenvalue weighted by Crippen LogP contribution is -2.57. The highest BCUT2D eigenvalue weighted by Gasteiger charge is 2.33. The monoisotopic (exact) mass is 508 g/mol. The lowest BCUT2D eigenvalue weighted by atomic mass is 10.1. The number of benzene rings is 1. The van der Waals surface area contributed by atoms with E-state index in [1.54, 1.807) is 45.0 Å². The zero-order chi connectivity index (χ0) is 25.6. The van der Waals surface area contributed by atoms with Crippen LogP contribution in [0.1, 0.15) is 37.9 Å². The Labute approximate surface area is 204 Å². The molecule has 2 atom stereocenters. The number of aromatic nitrogens is 1. The van der Waals surface area contributed by atoms with Gasteiger partial charge in [-0.3, -0.25) is 9.59 Å². The molecule has 0 aliphatic carbocycles. The number of hydrogen-bond donors (Lipinski definition) is 2. The van der Waals surface area contributed by atoms with Crippen LogP contribution < -0.4 is 10.6 Å². The van der Waals surface area contributed by atoms with Gasteiger partial charge in [0.15, 0.2) is 15.4 Å². The van der Waals surface area contributed by atoms with Crippen molar-refractivity contribution in [2.45, 2.75) is 39.3 Å². The third-order valence-electron chi connectivity index (χ3n) is 5.47. The molecule has 0 radical (unpaired) electrons. The fourth-order valence-corrected chi connectivity index (χ4v) is 5.67. The molecule has 192 valence electrons. The molecule has 3 amide bonds. The molecule has 0 bridgehead atoms. The molecule has 35 heavy (non-hydrogen) atoms. The Balaban J connectivity index is 1.77. The van der Waals surface area contributed by atoms with Gasteiger partial charge in [0.1, 0.15) is 11.6 Å². The lowest BCUT2D eigenvalue weighted by molar-refractivity contribution is -0.123. The van der Waals surface area contributed by atoms with E-state index in [-0.39, 0.29) is 24.0 Å². The van der Waals surface area contributed by atoms with Gasteiger partial charge in [0, 0.05) is 13.1 Å². The fraction of sp³-hybridized carbons (Fsp3) is 0.565. The third kappa shape index (κ3) is 7.25. The van der Waals surface area contributed by atoms with Gasteiger partial charge in [0.25, 0.3) is 5.89 Å². The Kier molecular flexibility index (Phi) is 8.84. The zero-order valence-corrected chi connectivity index (χ0v) is 21.0. The van der Waals surface area contributed by atoms with Crippen LogP contribution in [-0.4, -0.2) is 85.9 Å². The summed E-state index contributed by atoms with van der Waals surface area (Å²) in [6, 6.07) is 3.94. The van der Waals surface area contributed by atoms with Crippen molar-refractivity contribution in [1.29, 1.82) is 0 Å². The molecule has 3 rings (SSSR count). The van der Waals surface area contributed by atoms with Crippen molar-refractivity contribution in [3.63, 3.8) is 0 Å². The van der Waals surface area contributed by atoms with Crippen molar-refractivity contribution in [2.24, 2.45) is 5.92 Å². The molecular weight excluding hydrogens is 476 g/mol. The highest BCUT2D eigenvalue weighted by atomic mass is 32.2. The molecule has 2 heterocycles. The van der Waals surface area contributed by atoms with Crippen molar-refractivity contribution in [3.05, 3.63) is 30.2 Å². The number of urea groups is 1. The molecule has 1 aromatic heterocycles. The van der Waals surface area contributed by atoms with Gasteiger partial charge >= 0.3 is 6.03 Å². The summed E-state index contributed by atoms with van der Waals surface area (Å²) >= 11 is 0. The Morgan fingerprint density at radius 2 is 1.74 bits per heavy atom. The zero-order valence-electron chi connectivity index (χ0n) is 20.2. The number of nitrogens with one attached hydrogen (secondary N) is 2. The van der Waals surface area contributed by atoms with Gasteiger partial charge in [-0.15, -0.1) is 0 Å². The molecule has 2 N–H and O–H groups in total. The lowest BCUT2D eigenvalue weighted by Gasteiger charge is -2.29. The second-order valence-corrected chi connectivity index (χ2v) is 11.0. The smallest absolute Gasteiger partial charge is 0.318 e. The predicted octanol–water partition coefficient (Wildman–Crippen LogP) is 1.39. The second kappa shape index (κ2) is 11.6. The van der Waals surface area contributed by atoms with Crippen LogP contribution in [0.15, 0.2) is 28.7 Å². The first-order chi connectivity index (χ1) is 16.6. The van der Waals surface area contributed by atoms with Crippen LogP contribution in [0.2, 0.25) is 0 Å². The number of ether oxygens (including phenoxy) is 1. The van der Waals surface area contributed by atoms with Crippen LogP contribution in [0, 0.1) is 5.92 Å². The van der Waals surface area contributed by atoms with Crippen LogP contribution in [0.5, 0.6) is 0 Å². The highest BCUT2D eigenvalue weighted by Crippen LogP contribution is 2.17. The third-order valence-corrected chi connectivity index (χ3v) is 7.48. The number of carbonyl (C=O) groups is 3. The van der Waals surface area contributed by atoms with Gasteiger partial charge in [0.05, 0.1) is 30.8 Å². The average Bonchev–Trinajstić information content (AvgIpc) is 3.25. The van der Waals surface area contributed by atoms with Gasteiger partial charge in [-0.25, -0.2) is 18.2 Å². The number of oxazole rings is 1. The molecule has 1 aromatic carbocycles. The standard InChI is InChI=1S/C23H32N4O7S/c1-4-16(20(28)22-25-17-7-5-6-8-19(17)34-22)24-21(29)18(14-35(31,32)13-15(2)3)26-23(30)27-9-11-33-12-10-27/h5-8,15-16,18H,4,9-14H2,1-3H3,(H,24,29)(H,26,30)/t16-,18-/m0/s1. The maximum Gasteiger partial charge on any atom is 0.318 e. The van der Waals surface area contributed by atoms with Crippen LogP contribution >= 0.6 is 0 Å². The summed E-state index contributed by atoms with van der Waals surface area (Å²) in [5.74, 6) is -2.33. The van der Waals surface area contributed by atoms with E-state index >= 15 is 0 Å². The molecule has 11 nitrogen and oxygen atoms in total. The summed E-state index contributed by atoms with van der Waals surface area (Å²) in [6.07, 6.45) is 0.214. The van der Waals surface area contributed by atoms with Gasteiger partial charge < -0.3 is 24.7 Å². The van der Waals surface area contributed by atoms with Gasteiger partial charge in [-0.2, -0.15) is 0 Å². The SMILES string of the molecule is CC[C@H](NC(=O)[C@H](CS(=O)(=O)CC(C)C)NC(=O)N1CCOCC1)C(=O)c1nc2ccccc2o1. The second-order valence-electron chi connectivity index (χ2n) is 8.89. The first-order valence-corrected chi connectivity index (χ1v) is 13.5. The summed E-state index contributed by atoms with van der Waals surface area (Å²) in [5, 5.41) is 5.12. The summed E-state index contributed by atoms with van der Waals surface area (Å²) in [7, 11) is -3.67. The number of hydrogen-bond acceptors (Lipinski definition) is 8. The Hall–Kier alpha value is -2.99. The summed E-state index contributed by atoms with van der Waals surface area (Å²) in [5.41, 5.74) is 0.944. The van der Waals surface area contributed by atoms with Crippen LogP contribution in [0.25, 0.3) is 11.1 Å². The van der Waals surface area contributed by atoms with E-state index in [0.29, 0.717) is 37.4 Å². The van der Waals surface area contributed by atoms with E-state index in [1.807, 2.05) is 0 Å². The van der Waals surface area contributed by atoms with E-state index in [1.165, 1.54) is 4.90 Å². The minimum absolute atomic E-state index is 0.136. The quantitative estimate of drug-likeness (QED) is 0.458. The number of para-hydroxylation sites is 2. The molecule has 0 spiro atoms. The van der Waals surface area contributed by atoms with Crippen molar-refractivity contribution in [1.82, 2.24) is 20.5 Å². The number of Topliss-reactive ketones (excluding diaryl/α,β-unsaturated/α-hetero) is 1. The van der Waals surface area contributed by atoms with E-state index in [2.05, 4.69) is 15.6 Å². The largest absolute Gasteiger partial charge is 0.434 e. The van der Waals surface area contributed by atoms with Crippen molar-refractivity contribution in [2.75, 3.05) is 37.8 Å². The number of nitrogens with zero attached hydrogens (tertiary/aromatic N) is 2. The van der Waals surface area contributed by atoms with Crippen molar-refractivity contribution >= 4 is 38.7 Å². The number of ketones is 1. The maximum atomic E-state index is 13.2. The van der Waals surface area contributed by atoms with Crippen LogP contribution in [0.4, 0.5) is 4.79 Å². The molecule has 1 aliphatic heterocycles. The first kappa shape index (κ1) is 26.6. The van der Waals surface area contributed by atoms with Crippen LogP contribution in [-0.2, 0) is 19.4 Å². The minimum Gasteiger partial charge on any atom is -0.434 e. The summed E-state index contributed by atoms with van der Waals surface area (Å²) in [4.78, 5) is 44.5. The molecule has 1 aliphatic rings. The van der Waals surface area contributed by atoms with Crippen molar-refractivity contribution in [3.8, 4) is 0 Å². The topological polar surface area (TPSA) is 148 Å². The van der Waals surface area contributed by atoms with Crippen molar-refractivity contribution < 1.29 is 32.0 Å². The van der Waals surface area contributed by atoms with E-state index in [4.69, 9.17) is 9.15 Å².